The molecule has 0 amide bonds. The lowest BCUT2D eigenvalue weighted by Crippen LogP contribution is -2.20. The van der Waals surface area contributed by atoms with Gasteiger partial charge in [-0.25, -0.2) is 0 Å². The molecule has 0 heterocycles. The Kier molecular flexibility index (Phi) is 8.10. The van der Waals surface area contributed by atoms with Crippen LogP contribution in [0.25, 0.3) is 5.76 Å². The molecule has 1 aromatic rings. The van der Waals surface area contributed by atoms with E-state index in [2.05, 4.69) is 11.2 Å². The third-order valence-corrected chi connectivity index (χ3v) is 2.20. The second-order valence-corrected chi connectivity index (χ2v) is 4.71. The van der Waals surface area contributed by atoms with E-state index in [0.29, 0.717) is 0 Å². The number of aliphatic hydroxyl groups is 2. The van der Waals surface area contributed by atoms with Crippen molar-refractivity contribution >= 4 is 13.1 Å². The Hall–Kier alpha value is -1.34. The average Bonchev–Trinajstić information content (AvgIpc) is 2.40. The van der Waals surface area contributed by atoms with Gasteiger partial charge < -0.3 is 24.9 Å². The summed E-state index contributed by atoms with van der Waals surface area (Å²) in [5, 5.41) is 33.8. The number of rotatable bonds is 5. The maximum Gasteiger partial charge on any atom is 0.707 e. The standard InChI is InChI=1S/C8H9BO3.C5H12O2/c1-7(12-9(10)11)8-5-3-2-4-6-8;1-5(2,3-6)4-7/h2-6,10-11H,1H2;6-7H,3-4H2,1-2H3. The van der Waals surface area contributed by atoms with E-state index < -0.39 is 7.32 Å². The Morgan fingerprint density at radius 2 is 1.63 bits per heavy atom. The van der Waals surface area contributed by atoms with Crippen LogP contribution < -0.4 is 0 Å². The van der Waals surface area contributed by atoms with Crippen LogP contribution in [0.2, 0.25) is 0 Å². The molecule has 0 radical (unpaired) electrons. The molecule has 0 saturated carbocycles. The number of hydrogen-bond acceptors (Lipinski definition) is 5. The predicted octanol–water partition coefficient (Wildman–Crippen LogP) is 0.641. The first kappa shape index (κ1) is 17.7. The SMILES string of the molecule is C=C(OB(O)O)c1ccccc1.CC(C)(CO)CO. The quantitative estimate of drug-likeness (QED) is 0.465. The number of benzene rings is 1. The summed E-state index contributed by atoms with van der Waals surface area (Å²) < 4.78 is 4.55. The fraction of sp³-hybridized carbons (Fsp3) is 0.385. The first-order chi connectivity index (χ1) is 8.82. The molecule has 0 aliphatic heterocycles. The molecule has 0 unspecified atom stereocenters. The molecule has 0 fully saturated rings. The molecule has 0 bridgehead atoms. The second-order valence-electron chi connectivity index (χ2n) is 4.71. The summed E-state index contributed by atoms with van der Waals surface area (Å²) in [5.74, 6) is 0.241. The summed E-state index contributed by atoms with van der Waals surface area (Å²) in [6.07, 6.45) is 0. The van der Waals surface area contributed by atoms with Crippen LogP contribution in [0, 0.1) is 5.41 Å². The van der Waals surface area contributed by atoms with Gasteiger partial charge in [0.1, 0.15) is 5.76 Å². The topological polar surface area (TPSA) is 90.2 Å². The van der Waals surface area contributed by atoms with E-state index in [-0.39, 0.29) is 24.4 Å². The zero-order chi connectivity index (χ0) is 14.9. The van der Waals surface area contributed by atoms with Gasteiger partial charge in [0.15, 0.2) is 0 Å². The Morgan fingerprint density at radius 1 is 1.16 bits per heavy atom. The lowest BCUT2D eigenvalue weighted by atomic mass is 9.97. The minimum atomic E-state index is -1.81. The molecule has 0 aromatic heterocycles. The third kappa shape index (κ3) is 8.39. The summed E-state index contributed by atoms with van der Waals surface area (Å²) in [6, 6.07) is 9.02. The Morgan fingerprint density at radius 3 is 1.95 bits per heavy atom. The maximum atomic E-state index is 8.46. The van der Waals surface area contributed by atoms with Crippen LogP contribution in [0.3, 0.4) is 0 Å². The van der Waals surface area contributed by atoms with E-state index >= 15 is 0 Å². The van der Waals surface area contributed by atoms with Crippen LogP contribution in [-0.4, -0.2) is 40.8 Å². The van der Waals surface area contributed by atoms with Gasteiger partial charge in [0.05, 0.1) is 13.2 Å². The molecular formula is C13H21BO5. The van der Waals surface area contributed by atoms with Gasteiger partial charge in [-0.05, 0) is 0 Å². The first-order valence-electron chi connectivity index (χ1n) is 5.81. The monoisotopic (exact) mass is 268 g/mol. The molecule has 0 saturated heterocycles. The van der Waals surface area contributed by atoms with E-state index in [0.717, 1.165) is 5.56 Å². The summed E-state index contributed by atoms with van der Waals surface area (Å²) in [6.45, 7) is 7.21. The lowest BCUT2D eigenvalue weighted by molar-refractivity contribution is 0.0857. The van der Waals surface area contributed by atoms with E-state index in [1.54, 1.807) is 26.0 Å². The molecule has 1 aromatic carbocycles. The van der Waals surface area contributed by atoms with Crippen molar-refractivity contribution in [3.8, 4) is 0 Å². The first-order valence-corrected chi connectivity index (χ1v) is 5.81. The van der Waals surface area contributed by atoms with Gasteiger partial charge in [0, 0.05) is 11.0 Å². The van der Waals surface area contributed by atoms with Crippen LogP contribution in [0.15, 0.2) is 36.9 Å². The molecule has 4 N–H and O–H groups in total. The van der Waals surface area contributed by atoms with Crippen molar-refractivity contribution in [2.24, 2.45) is 5.41 Å². The molecule has 5 nitrogen and oxygen atoms in total. The minimum absolute atomic E-state index is 0.0451. The van der Waals surface area contributed by atoms with Crippen LogP contribution in [-0.2, 0) is 4.65 Å². The molecule has 6 heteroatoms. The van der Waals surface area contributed by atoms with Gasteiger partial charge in [-0.2, -0.15) is 0 Å². The Bertz CT molecular complexity index is 359. The molecule has 0 aliphatic carbocycles. The van der Waals surface area contributed by atoms with E-state index in [1.807, 2.05) is 18.2 Å². The largest absolute Gasteiger partial charge is 0.707 e. The molecule has 19 heavy (non-hydrogen) atoms. The molecule has 0 atom stereocenters. The van der Waals surface area contributed by atoms with Gasteiger partial charge >= 0.3 is 7.32 Å². The van der Waals surface area contributed by atoms with Gasteiger partial charge in [-0.15, -0.1) is 0 Å². The van der Waals surface area contributed by atoms with Gasteiger partial charge in [-0.3, -0.25) is 0 Å². The average molecular weight is 268 g/mol. The second kappa shape index (κ2) is 8.71. The van der Waals surface area contributed by atoms with Crippen molar-refractivity contribution in [1.29, 1.82) is 0 Å². The number of hydrogen-bond donors (Lipinski definition) is 4. The normalized spacial score (nSPS) is 10.2. The summed E-state index contributed by atoms with van der Waals surface area (Å²) in [5.41, 5.74) is 0.422. The fourth-order valence-electron chi connectivity index (χ4n) is 0.869. The van der Waals surface area contributed by atoms with Gasteiger partial charge in [0.2, 0.25) is 0 Å². The highest BCUT2D eigenvalue weighted by atomic mass is 16.6. The highest BCUT2D eigenvalue weighted by molar-refractivity contribution is 6.34. The molecular weight excluding hydrogens is 247 g/mol. The van der Waals surface area contributed by atoms with Crippen molar-refractivity contribution in [1.82, 2.24) is 0 Å². The van der Waals surface area contributed by atoms with Crippen molar-refractivity contribution < 1.29 is 24.9 Å². The van der Waals surface area contributed by atoms with Crippen molar-refractivity contribution in [3.63, 3.8) is 0 Å². The molecule has 1 rings (SSSR count). The van der Waals surface area contributed by atoms with E-state index in [4.69, 9.17) is 20.3 Å². The van der Waals surface area contributed by atoms with Crippen molar-refractivity contribution in [2.75, 3.05) is 13.2 Å². The Labute approximate surface area is 114 Å². The Balaban J connectivity index is 0.000000399. The lowest BCUT2D eigenvalue weighted by Gasteiger charge is -2.16. The highest BCUT2D eigenvalue weighted by Gasteiger charge is 2.13. The van der Waals surface area contributed by atoms with Crippen LogP contribution in [0.1, 0.15) is 19.4 Å². The van der Waals surface area contributed by atoms with Gasteiger partial charge in [0.25, 0.3) is 0 Å². The van der Waals surface area contributed by atoms with Crippen LogP contribution in [0.5, 0.6) is 0 Å². The van der Waals surface area contributed by atoms with E-state index in [1.165, 1.54) is 0 Å². The smallest absolute Gasteiger partial charge is 0.512 e. The molecule has 0 aliphatic rings. The molecule has 106 valence electrons. The van der Waals surface area contributed by atoms with Crippen LogP contribution >= 0.6 is 0 Å². The van der Waals surface area contributed by atoms with Crippen molar-refractivity contribution in [2.45, 2.75) is 13.8 Å². The summed E-state index contributed by atoms with van der Waals surface area (Å²) in [4.78, 5) is 0. The molecule has 0 spiro atoms. The highest BCUT2D eigenvalue weighted by Crippen LogP contribution is 2.12. The summed E-state index contributed by atoms with van der Waals surface area (Å²) >= 11 is 0. The number of aliphatic hydroxyl groups excluding tert-OH is 2. The summed E-state index contributed by atoms with van der Waals surface area (Å²) in [7, 11) is -1.81. The zero-order valence-corrected chi connectivity index (χ0v) is 11.3. The van der Waals surface area contributed by atoms with E-state index in [9.17, 15) is 0 Å². The zero-order valence-electron chi connectivity index (χ0n) is 11.3. The predicted molar refractivity (Wildman–Crippen MR) is 74.7 cm³/mol. The fourth-order valence-corrected chi connectivity index (χ4v) is 0.869. The minimum Gasteiger partial charge on any atom is -0.512 e. The third-order valence-electron chi connectivity index (χ3n) is 2.20. The maximum absolute atomic E-state index is 8.46. The van der Waals surface area contributed by atoms with Gasteiger partial charge in [-0.1, -0.05) is 50.8 Å². The van der Waals surface area contributed by atoms with Crippen molar-refractivity contribution in [3.05, 3.63) is 42.5 Å². The van der Waals surface area contributed by atoms with Crippen LogP contribution in [0.4, 0.5) is 0 Å².